The molecule has 0 spiro atoms. The van der Waals surface area contributed by atoms with Gasteiger partial charge in [-0.1, -0.05) is 24.3 Å². The Hall–Kier alpha value is -3.00. The first-order valence-corrected chi connectivity index (χ1v) is 7.43. The minimum absolute atomic E-state index is 0.0131. The van der Waals surface area contributed by atoms with Crippen LogP contribution >= 0.6 is 12.2 Å². The van der Waals surface area contributed by atoms with Crippen LogP contribution < -0.4 is 15.5 Å². The second-order valence-electron chi connectivity index (χ2n) is 4.75. The highest BCUT2D eigenvalue weighted by molar-refractivity contribution is 7.80. The second-order valence-corrected chi connectivity index (χ2v) is 5.16. The molecule has 0 amide bonds. The molecule has 2 aromatic rings. The van der Waals surface area contributed by atoms with Gasteiger partial charge in [-0.3, -0.25) is 15.5 Å². The van der Waals surface area contributed by atoms with Crippen molar-refractivity contribution in [2.45, 2.75) is 6.54 Å². The maximum Gasteiger partial charge on any atom is 0.270 e. The third-order valence-electron chi connectivity index (χ3n) is 3.07. The molecule has 2 rings (SSSR count). The number of benzene rings is 2. The Morgan fingerprint density at radius 1 is 1.33 bits per heavy atom. The van der Waals surface area contributed by atoms with E-state index in [1.54, 1.807) is 19.2 Å². The van der Waals surface area contributed by atoms with Crippen LogP contribution in [0.15, 0.2) is 53.6 Å². The third-order valence-corrected chi connectivity index (χ3v) is 3.31. The first kappa shape index (κ1) is 17.4. The normalized spacial score (nSPS) is 10.4. The Morgan fingerprint density at radius 2 is 2.08 bits per heavy atom. The number of ether oxygens (including phenoxy) is 1. The van der Waals surface area contributed by atoms with Crippen LogP contribution in [0.5, 0.6) is 5.75 Å². The summed E-state index contributed by atoms with van der Waals surface area (Å²) >= 11 is 5.12. The van der Waals surface area contributed by atoms with Crippen molar-refractivity contribution in [3.63, 3.8) is 0 Å². The number of nitrogens with one attached hydrogen (secondary N) is 2. The van der Waals surface area contributed by atoms with E-state index in [9.17, 15) is 10.1 Å². The van der Waals surface area contributed by atoms with E-state index in [1.165, 1.54) is 18.3 Å². The maximum absolute atomic E-state index is 10.7. The molecule has 0 aliphatic carbocycles. The number of hydrogen-bond acceptors (Lipinski definition) is 5. The van der Waals surface area contributed by atoms with Crippen molar-refractivity contribution in [3.05, 3.63) is 69.8 Å². The number of nitro groups is 1. The number of rotatable bonds is 6. The van der Waals surface area contributed by atoms with Gasteiger partial charge in [-0.05, 0) is 29.9 Å². The highest BCUT2D eigenvalue weighted by Crippen LogP contribution is 2.12. The summed E-state index contributed by atoms with van der Waals surface area (Å²) in [7, 11) is 1.62. The van der Waals surface area contributed by atoms with Crippen molar-refractivity contribution in [2.24, 2.45) is 5.10 Å². The Bertz CT molecular complexity index is 747. The van der Waals surface area contributed by atoms with Gasteiger partial charge in [0.2, 0.25) is 0 Å². The number of hydrazone groups is 1. The molecule has 2 aromatic carbocycles. The Labute approximate surface area is 144 Å². The van der Waals surface area contributed by atoms with Crippen LogP contribution in [-0.2, 0) is 6.54 Å². The summed E-state index contributed by atoms with van der Waals surface area (Å²) < 4.78 is 5.09. The van der Waals surface area contributed by atoms with Gasteiger partial charge in [-0.25, -0.2) is 0 Å². The maximum atomic E-state index is 10.7. The number of hydrogen-bond donors (Lipinski definition) is 2. The monoisotopic (exact) mass is 344 g/mol. The molecule has 7 nitrogen and oxygen atoms in total. The van der Waals surface area contributed by atoms with Crippen LogP contribution in [0.1, 0.15) is 11.1 Å². The molecule has 0 aliphatic heterocycles. The summed E-state index contributed by atoms with van der Waals surface area (Å²) in [5, 5.41) is 18.0. The molecule has 0 heterocycles. The predicted molar refractivity (Wildman–Crippen MR) is 96.3 cm³/mol. The quantitative estimate of drug-likeness (QED) is 0.362. The lowest BCUT2D eigenvalue weighted by Gasteiger charge is -2.07. The topological polar surface area (TPSA) is 88.8 Å². The summed E-state index contributed by atoms with van der Waals surface area (Å²) in [5.41, 5.74) is 4.33. The molecule has 0 aliphatic rings. The number of nitro benzene ring substituents is 1. The van der Waals surface area contributed by atoms with E-state index in [1.807, 2.05) is 24.3 Å². The zero-order chi connectivity index (χ0) is 17.4. The van der Waals surface area contributed by atoms with Gasteiger partial charge in [0.15, 0.2) is 5.11 Å². The van der Waals surface area contributed by atoms with E-state index in [4.69, 9.17) is 17.0 Å². The SMILES string of the molecule is COc1ccc(CNC(=S)N/N=C/c2cccc([N+](=O)[O-])c2)cc1. The fraction of sp³-hybridized carbons (Fsp3) is 0.125. The lowest BCUT2D eigenvalue weighted by atomic mass is 10.2. The highest BCUT2D eigenvalue weighted by atomic mass is 32.1. The summed E-state index contributed by atoms with van der Waals surface area (Å²) in [4.78, 5) is 10.2. The van der Waals surface area contributed by atoms with Crippen molar-refractivity contribution in [3.8, 4) is 5.75 Å². The van der Waals surface area contributed by atoms with Gasteiger partial charge in [0.1, 0.15) is 5.75 Å². The summed E-state index contributed by atoms with van der Waals surface area (Å²) in [6, 6.07) is 13.8. The Balaban J connectivity index is 1.81. The van der Waals surface area contributed by atoms with Gasteiger partial charge in [0.05, 0.1) is 18.2 Å². The van der Waals surface area contributed by atoms with Crippen LogP contribution in [0.2, 0.25) is 0 Å². The minimum atomic E-state index is -0.453. The smallest absolute Gasteiger partial charge is 0.270 e. The molecule has 2 N–H and O–H groups in total. The first-order valence-electron chi connectivity index (χ1n) is 7.03. The molecule has 0 saturated carbocycles. The first-order chi connectivity index (χ1) is 11.6. The van der Waals surface area contributed by atoms with Crippen LogP contribution in [0, 0.1) is 10.1 Å². The van der Waals surface area contributed by atoms with Crippen LogP contribution in [0.4, 0.5) is 5.69 Å². The van der Waals surface area contributed by atoms with Crippen molar-refractivity contribution < 1.29 is 9.66 Å². The van der Waals surface area contributed by atoms with Crippen LogP contribution in [-0.4, -0.2) is 23.4 Å². The molecular formula is C16H16N4O3S. The van der Waals surface area contributed by atoms with Crippen molar-refractivity contribution in [2.75, 3.05) is 7.11 Å². The molecule has 0 unspecified atom stereocenters. The molecule has 0 aromatic heterocycles. The lowest BCUT2D eigenvalue weighted by molar-refractivity contribution is -0.384. The van der Waals surface area contributed by atoms with Gasteiger partial charge in [-0.15, -0.1) is 0 Å². The van der Waals surface area contributed by atoms with Crippen LogP contribution in [0.3, 0.4) is 0 Å². The van der Waals surface area contributed by atoms with Gasteiger partial charge < -0.3 is 10.1 Å². The van der Waals surface area contributed by atoms with E-state index < -0.39 is 4.92 Å². The summed E-state index contributed by atoms with van der Waals surface area (Å²) in [6.45, 7) is 0.544. The Morgan fingerprint density at radius 3 is 2.75 bits per heavy atom. The molecule has 0 radical (unpaired) electrons. The fourth-order valence-corrected chi connectivity index (χ4v) is 1.97. The zero-order valence-electron chi connectivity index (χ0n) is 12.9. The van der Waals surface area contributed by atoms with E-state index in [2.05, 4.69) is 15.8 Å². The molecule has 0 bridgehead atoms. The molecule has 24 heavy (non-hydrogen) atoms. The van der Waals surface area contributed by atoms with Crippen molar-refractivity contribution in [1.82, 2.24) is 10.7 Å². The predicted octanol–water partition coefficient (Wildman–Crippen LogP) is 2.60. The van der Waals surface area contributed by atoms with Gasteiger partial charge in [-0.2, -0.15) is 5.10 Å². The standard InChI is InChI=1S/C16H16N4O3S/c1-23-15-7-5-12(6-8-15)10-17-16(24)19-18-11-13-3-2-4-14(9-13)20(21)22/h2-9,11H,10H2,1H3,(H2,17,19,24)/b18-11+. The van der Waals surface area contributed by atoms with Gasteiger partial charge >= 0.3 is 0 Å². The summed E-state index contributed by atoms with van der Waals surface area (Å²) in [6.07, 6.45) is 1.47. The van der Waals surface area contributed by atoms with Gasteiger partial charge in [0.25, 0.3) is 5.69 Å². The number of nitrogens with zero attached hydrogens (tertiary/aromatic N) is 2. The molecule has 0 fully saturated rings. The number of thiocarbonyl (C=S) groups is 1. The average molecular weight is 344 g/mol. The molecule has 0 saturated heterocycles. The summed E-state index contributed by atoms with van der Waals surface area (Å²) in [5.74, 6) is 0.793. The van der Waals surface area contributed by atoms with Crippen molar-refractivity contribution in [1.29, 1.82) is 0 Å². The minimum Gasteiger partial charge on any atom is -0.497 e. The number of methoxy groups -OCH3 is 1. The van der Waals surface area contributed by atoms with E-state index >= 15 is 0 Å². The van der Waals surface area contributed by atoms with E-state index in [0.29, 0.717) is 17.2 Å². The van der Waals surface area contributed by atoms with Crippen LogP contribution in [0.25, 0.3) is 0 Å². The number of non-ortho nitro benzene ring substituents is 1. The van der Waals surface area contributed by atoms with Gasteiger partial charge in [0, 0.05) is 24.2 Å². The van der Waals surface area contributed by atoms with E-state index in [0.717, 1.165) is 11.3 Å². The van der Waals surface area contributed by atoms with Crippen molar-refractivity contribution >= 4 is 29.2 Å². The average Bonchev–Trinajstić information content (AvgIpc) is 2.60. The molecule has 124 valence electrons. The fourth-order valence-electron chi connectivity index (χ4n) is 1.85. The largest absolute Gasteiger partial charge is 0.497 e. The molecule has 0 atom stereocenters. The molecule has 8 heteroatoms. The second kappa shape index (κ2) is 8.59. The highest BCUT2D eigenvalue weighted by Gasteiger charge is 2.04. The zero-order valence-corrected chi connectivity index (χ0v) is 13.7. The third kappa shape index (κ3) is 5.33. The molecular weight excluding hydrogens is 328 g/mol. The van der Waals surface area contributed by atoms with E-state index in [-0.39, 0.29) is 5.69 Å². The lowest BCUT2D eigenvalue weighted by Crippen LogP contribution is -2.31. The Kier molecular flexibility index (Phi) is 6.21.